The van der Waals surface area contributed by atoms with Crippen LogP contribution >= 0.6 is 0 Å². The molecule has 0 fully saturated rings. The fourth-order valence-electron chi connectivity index (χ4n) is 3.71. The van der Waals surface area contributed by atoms with Crippen LogP contribution in [0.4, 0.5) is 11.4 Å². The first kappa shape index (κ1) is 22.7. The second-order valence-corrected chi connectivity index (χ2v) is 7.66. The maximum absolute atomic E-state index is 12.8. The smallest absolute Gasteiger partial charge is 0.291 e. The van der Waals surface area contributed by atoms with Crippen LogP contribution in [0.5, 0.6) is 5.75 Å². The predicted molar refractivity (Wildman–Crippen MR) is 124 cm³/mol. The number of fused-ring (bicyclic) bond motifs is 1. The lowest BCUT2D eigenvalue weighted by atomic mass is 9.93. The van der Waals surface area contributed by atoms with E-state index in [1.165, 1.54) is 18.2 Å². The van der Waals surface area contributed by atoms with Gasteiger partial charge < -0.3 is 14.5 Å². The minimum atomic E-state index is -0.533. The molecule has 1 aromatic heterocycles. The molecule has 0 saturated heterocycles. The second kappa shape index (κ2) is 9.99. The summed E-state index contributed by atoms with van der Waals surface area (Å²) in [4.78, 5) is 35.4. The van der Waals surface area contributed by atoms with E-state index in [9.17, 15) is 19.7 Å². The molecular formula is C24H22N4O6. The van der Waals surface area contributed by atoms with Crippen LogP contribution in [0.3, 0.4) is 0 Å². The Hall–Kier alpha value is -4.47. The van der Waals surface area contributed by atoms with Gasteiger partial charge in [-0.1, -0.05) is 24.3 Å². The van der Waals surface area contributed by atoms with E-state index < -0.39 is 16.7 Å². The van der Waals surface area contributed by atoms with E-state index in [0.717, 1.165) is 6.42 Å². The highest BCUT2D eigenvalue weighted by Gasteiger charge is 2.28. The number of nitrogens with zero attached hydrogens (tertiary/aromatic N) is 2. The number of nitrogens with one attached hydrogen (secondary N) is 2. The first-order valence-corrected chi connectivity index (χ1v) is 10.6. The summed E-state index contributed by atoms with van der Waals surface area (Å²) in [6, 6.07) is 14.6. The van der Waals surface area contributed by atoms with Crippen LogP contribution in [0.25, 0.3) is 0 Å². The van der Waals surface area contributed by atoms with Crippen molar-refractivity contribution < 1.29 is 23.7 Å². The summed E-state index contributed by atoms with van der Waals surface area (Å²) >= 11 is 0. The van der Waals surface area contributed by atoms with Crippen LogP contribution in [0.15, 0.2) is 64.1 Å². The Kier molecular flexibility index (Phi) is 6.67. The number of hydrogen-bond donors (Lipinski definition) is 2. The number of non-ortho nitro benzene ring substituents is 1. The van der Waals surface area contributed by atoms with Gasteiger partial charge in [0.2, 0.25) is 0 Å². The molecule has 0 aliphatic heterocycles. The summed E-state index contributed by atoms with van der Waals surface area (Å²) in [6.45, 7) is 1.56. The van der Waals surface area contributed by atoms with Crippen LogP contribution in [0.2, 0.25) is 0 Å². The first-order valence-electron chi connectivity index (χ1n) is 10.6. The van der Waals surface area contributed by atoms with E-state index in [1.807, 2.05) is 18.2 Å². The van der Waals surface area contributed by atoms with Gasteiger partial charge in [-0.25, -0.2) is 5.43 Å². The largest absolute Gasteiger partial charge is 0.484 e. The molecule has 0 spiro atoms. The van der Waals surface area contributed by atoms with E-state index in [4.69, 9.17) is 9.15 Å². The van der Waals surface area contributed by atoms with Crippen molar-refractivity contribution in [2.24, 2.45) is 5.10 Å². The predicted octanol–water partition coefficient (Wildman–Crippen LogP) is 3.98. The van der Waals surface area contributed by atoms with Crippen molar-refractivity contribution in [3.63, 3.8) is 0 Å². The Morgan fingerprint density at radius 1 is 1.15 bits per heavy atom. The third-order valence-corrected chi connectivity index (χ3v) is 5.28. The summed E-state index contributed by atoms with van der Waals surface area (Å²) in [5.74, 6) is 0.363. The number of benzene rings is 2. The fraction of sp³-hybridized carbons (Fsp3) is 0.208. The van der Waals surface area contributed by atoms with Crippen molar-refractivity contribution in [3.05, 3.63) is 87.4 Å². The molecule has 0 unspecified atom stereocenters. The fourth-order valence-corrected chi connectivity index (χ4v) is 3.71. The van der Waals surface area contributed by atoms with E-state index in [-0.39, 0.29) is 23.7 Å². The highest BCUT2D eigenvalue weighted by molar-refractivity contribution is 6.09. The zero-order valence-corrected chi connectivity index (χ0v) is 18.4. The average Bonchev–Trinajstić information content (AvgIpc) is 3.19. The lowest BCUT2D eigenvalue weighted by Gasteiger charge is -2.13. The van der Waals surface area contributed by atoms with Gasteiger partial charge in [-0.15, -0.1) is 0 Å². The van der Waals surface area contributed by atoms with Gasteiger partial charge in [0.15, 0.2) is 12.4 Å². The second-order valence-electron chi connectivity index (χ2n) is 7.66. The molecule has 3 aromatic rings. The number of rotatable bonds is 7. The lowest BCUT2D eigenvalue weighted by molar-refractivity contribution is -0.384. The van der Waals surface area contributed by atoms with Crippen molar-refractivity contribution in [2.75, 3.05) is 11.9 Å². The number of hydrogen-bond acceptors (Lipinski definition) is 7. The molecule has 10 nitrogen and oxygen atoms in total. The number of hydrazone groups is 1. The van der Waals surface area contributed by atoms with Crippen molar-refractivity contribution in [2.45, 2.75) is 26.2 Å². The molecule has 2 aromatic carbocycles. The third-order valence-electron chi connectivity index (χ3n) is 5.28. The van der Waals surface area contributed by atoms with Crippen molar-refractivity contribution in [1.82, 2.24) is 5.43 Å². The summed E-state index contributed by atoms with van der Waals surface area (Å²) in [6.07, 6.45) is 1.99. The number of anilines is 1. The van der Waals surface area contributed by atoms with E-state index >= 15 is 0 Å². The number of aryl methyl sites for hydroxylation is 1. The van der Waals surface area contributed by atoms with E-state index in [2.05, 4.69) is 15.8 Å². The highest BCUT2D eigenvalue weighted by Crippen LogP contribution is 2.30. The SMILES string of the molecule is Cc1c(C(=O)Nc2cccc([N+](=O)[O-])c2)oc2c1/C(=N/NC(=O)COc1ccccc1)CCC2. The number of furan rings is 1. The number of nitro benzene ring substituents is 1. The van der Waals surface area contributed by atoms with E-state index in [0.29, 0.717) is 41.2 Å². The van der Waals surface area contributed by atoms with Crippen molar-refractivity contribution in [3.8, 4) is 5.75 Å². The van der Waals surface area contributed by atoms with Gasteiger partial charge in [-0.05, 0) is 38.0 Å². The molecule has 1 aliphatic carbocycles. The minimum Gasteiger partial charge on any atom is -0.484 e. The lowest BCUT2D eigenvalue weighted by Crippen LogP contribution is -2.27. The summed E-state index contributed by atoms with van der Waals surface area (Å²) in [7, 11) is 0. The van der Waals surface area contributed by atoms with Crippen molar-refractivity contribution in [1.29, 1.82) is 0 Å². The molecular weight excluding hydrogens is 440 g/mol. The molecule has 10 heteroatoms. The molecule has 2 amide bonds. The number of amides is 2. The van der Waals surface area contributed by atoms with Crippen LogP contribution in [-0.2, 0) is 11.2 Å². The van der Waals surface area contributed by atoms with Crippen LogP contribution < -0.4 is 15.5 Å². The molecule has 0 bridgehead atoms. The Morgan fingerprint density at radius 2 is 1.94 bits per heavy atom. The number of carbonyl (C=O) groups excluding carboxylic acids is 2. The highest BCUT2D eigenvalue weighted by atomic mass is 16.6. The van der Waals surface area contributed by atoms with Gasteiger partial charge in [0, 0.05) is 35.4 Å². The third kappa shape index (κ3) is 5.12. The monoisotopic (exact) mass is 462 g/mol. The molecule has 2 N–H and O–H groups in total. The molecule has 0 saturated carbocycles. The Balaban J connectivity index is 1.47. The van der Waals surface area contributed by atoms with Crippen LogP contribution in [0.1, 0.15) is 40.3 Å². The maximum atomic E-state index is 12.8. The van der Waals surface area contributed by atoms with Gasteiger partial charge >= 0.3 is 0 Å². The first-order chi connectivity index (χ1) is 16.4. The van der Waals surface area contributed by atoms with Crippen molar-refractivity contribution >= 4 is 28.9 Å². The summed E-state index contributed by atoms with van der Waals surface area (Å²) in [5.41, 5.74) is 4.56. The summed E-state index contributed by atoms with van der Waals surface area (Å²) < 4.78 is 11.2. The van der Waals surface area contributed by atoms with Gasteiger partial charge in [0.25, 0.3) is 17.5 Å². The summed E-state index contributed by atoms with van der Waals surface area (Å²) in [5, 5.41) is 17.9. The molecule has 174 valence electrons. The molecule has 0 radical (unpaired) electrons. The van der Waals surface area contributed by atoms with Gasteiger partial charge in [-0.2, -0.15) is 5.10 Å². The molecule has 1 heterocycles. The Labute approximate surface area is 194 Å². The quantitative estimate of drug-likeness (QED) is 0.403. The standard InChI is InChI=1S/C24H22N4O6/c1-15-22-19(26-27-21(29)14-33-18-9-3-2-4-10-18)11-6-12-20(22)34-23(15)24(30)25-16-7-5-8-17(13-16)28(31)32/h2-5,7-10,13H,6,11-12,14H2,1H3,(H,25,30)(H,27,29)/b26-19+. The van der Waals surface area contributed by atoms with Gasteiger partial charge in [-0.3, -0.25) is 19.7 Å². The minimum absolute atomic E-state index is 0.102. The molecule has 1 aliphatic rings. The zero-order chi connectivity index (χ0) is 24.1. The van der Waals surface area contributed by atoms with Crippen LogP contribution in [0, 0.1) is 17.0 Å². The zero-order valence-electron chi connectivity index (χ0n) is 18.4. The number of carbonyl (C=O) groups is 2. The van der Waals surface area contributed by atoms with Gasteiger partial charge in [0.05, 0.1) is 10.6 Å². The molecule has 0 atom stereocenters. The molecule has 4 rings (SSSR count). The Morgan fingerprint density at radius 3 is 2.71 bits per heavy atom. The van der Waals surface area contributed by atoms with Crippen LogP contribution in [-0.4, -0.2) is 29.1 Å². The number of nitro groups is 1. The number of ether oxygens (including phenoxy) is 1. The van der Waals surface area contributed by atoms with E-state index in [1.54, 1.807) is 25.1 Å². The number of para-hydroxylation sites is 1. The topological polar surface area (TPSA) is 136 Å². The normalized spacial score (nSPS) is 13.7. The maximum Gasteiger partial charge on any atom is 0.291 e. The van der Waals surface area contributed by atoms with Gasteiger partial charge in [0.1, 0.15) is 11.5 Å². The Bertz CT molecular complexity index is 1270. The average molecular weight is 462 g/mol. The molecule has 34 heavy (non-hydrogen) atoms.